The summed E-state index contributed by atoms with van der Waals surface area (Å²) in [6.45, 7) is 3.22. The van der Waals surface area contributed by atoms with Gasteiger partial charge in [-0.1, -0.05) is 0 Å². The highest BCUT2D eigenvalue weighted by molar-refractivity contribution is 7.18. The number of nitrogens with one attached hydrogen (secondary N) is 2. The van der Waals surface area contributed by atoms with Crippen LogP contribution in [-0.4, -0.2) is 42.7 Å². The van der Waals surface area contributed by atoms with Crippen molar-refractivity contribution in [2.75, 3.05) is 32.1 Å². The number of hydrogen-bond acceptors (Lipinski definition) is 6. The van der Waals surface area contributed by atoms with Gasteiger partial charge in [-0.25, -0.2) is 9.97 Å². The minimum Gasteiger partial charge on any atom is -0.383 e. The van der Waals surface area contributed by atoms with Crippen LogP contribution < -0.4 is 10.6 Å². The van der Waals surface area contributed by atoms with Crippen molar-refractivity contribution in [1.29, 1.82) is 0 Å². The summed E-state index contributed by atoms with van der Waals surface area (Å²) in [5.41, 5.74) is 0. The van der Waals surface area contributed by atoms with Crippen LogP contribution in [0.15, 0.2) is 12.4 Å². The number of rotatable bonds is 6. The molecule has 0 aliphatic heterocycles. The fourth-order valence-electron chi connectivity index (χ4n) is 1.64. The Morgan fingerprint density at radius 2 is 2.32 bits per heavy atom. The lowest BCUT2D eigenvalue weighted by atomic mass is 10.3. The molecule has 0 aromatic carbocycles. The molecule has 0 saturated carbocycles. The van der Waals surface area contributed by atoms with Gasteiger partial charge in [-0.15, -0.1) is 11.3 Å². The van der Waals surface area contributed by atoms with E-state index in [1.807, 2.05) is 13.0 Å². The van der Waals surface area contributed by atoms with Gasteiger partial charge in [0.1, 0.15) is 17.0 Å². The van der Waals surface area contributed by atoms with Gasteiger partial charge >= 0.3 is 0 Å². The molecule has 19 heavy (non-hydrogen) atoms. The highest BCUT2D eigenvalue weighted by atomic mass is 32.1. The molecular weight excluding hydrogens is 264 g/mol. The van der Waals surface area contributed by atoms with E-state index in [0.717, 1.165) is 10.2 Å². The summed E-state index contributed by atoms with van der Waals surface area (Å²) in [5, 5.41) is 6.72. The summed E-state index contributed by atoms with van der Waals surface area (Å²) in [6, 6.07) is 2.02. The van der Waals surface area contributed by atoms with E-state index in [9.17, 15) is 4.79 Å². The summed E-state index contributed by atoms with van der Waals surface area (Å²) < 4.78 is 4.86. The molecule has 0 aliphatic rings. The monoisotopic (exact) mass is 280 g/mol. The zero-order valence-electron chi connectivity index (χ0n) is 10.9. The largest absolute Gasteiger partial charge is 0.383 e. The molecule has 0 radical (unpaired) electrons. The third-order valence-corrected chi connectivity index (χ3v) is 3.46. The molecule has 7 heteroatoms. The standard InChI is InChI=1S/C12H16N4O2S/c1-8-5-9-11(15-7-16-12(9)19-8)14-6-10(17)13-3-4-18-2/h5,7H,3-4,6H2,1-2H3,(H,13,17)(H,14,15,16). The topological polar surface area (TPSA) is 76.1 Å². The third-order valence-electron chi connectivity index (χ3n) is 2.50. The van der Waals surface area contributed by atoms with Gasteiger partial charge in [-0.3, -0.25) is 4.79 Å². The number of aromatic nitrogens is 2. The van der Waals surface area contributed by atoms with Gasteiger partial charge in [-0.05, 0) is 13.0 Å². The van der Waals surface area contributed by atoms with E-state index in [1.54, 1.807) is 18.4 Å². The molecule has 0 saturated heterocycles. The lowest BCUT2D eigenvalue weighted by Crippen LogP contribution is -2.32. The molecule has 0 unspecified atom stereocenters. The van der Waals surface area contributed by atoms with Crippen molar-refractivity contribution < 1.29 is 9.53 Å². The van der Waals surface area contributed by atoms with E-state index in [4.69, 9.17) is 4.74 Å². The van der Waals surface area contributed by atoms with E-state index >= 15 is 0 Å². The number of thiophene rings is 1. The van der Waals surface area contributed by atoms with Crippen LogP contribution in [-0.2, 0) is 9.53 Å². The fraction of sp³-hybridized carbons (Fsp3) is 0.417. The molecule has 102 valence electrons. The second-order valence-corrected chi connectivity index (χ2v) is 5.23. The average molecular weight is 280 g/mol. The molecule has 0 fully saturated rings. The normalized spacial score (nSPS) is 10.6. The molecule has 0 bridgehead atoms. The van der Waals surface area contributed by atoms with Crippen LogP contribution in [0.5, 0.6) is 0 Å². The summed E-state index contributed by atoms with van der Waals surface area (Å²) >= 11 is 1.61. The van der Waals surface area contributed by atoms with E-state index < -0.39 is 0 Å². The zero-order valence-corrected chi connectivity index (χ0v) is 11.7. The first-order chi connectivity index (χ1) is 9.20. The highest BCUT2D eigenvalue weighted by Crippen LogP contribution is 2.27. The molecular formula is C12H16N4O2S. The molecule has 2 heterocycles. The van der Waals surface area contributed by atoms with Gasteiger partial charge in [0.2, 0.25) is 5.91 Å². The first kappa shape index (κ1) is 13.7. The maximum absolute atomic E-state index is 11.6. The van der Waals surface area contributed by atoms with Crippen LogP contribution in [0.1, 0.15) is 4.88 Å². The van der Waals surface area contributed by atoms with Crippen LogP contribution in [0.4, 0.5) is 5.82 Å². The highest BCUT2D eigenvalue weighted by Gasteiger charge is 2.08. The Kier molecular flexibility index (Phi) is 4.64. The van der Waals surface area contributed by atoms with Crippen molar-refractivity contribution in [3.05, 3.63) is 17.3 Å². The number of hydrogen-bond donors (Lipinski definition) is 2. The predicted octanol–water partition coefficient (Wildman–Crippen LogP) is 1.17. The minimum absolute atomic E-state index is 0.0873. The molecule has 2 aromatic heterocycles. The maximum Gasteiger partial charge on any atom is 0.239 e. The number of aryl methyl sites for hydroxylation is 1. The maximum atomic E-state index is 11.6. The summed E-state index contributed by atoms with van der Waals surface area (Å²) in [5.74, 6) is 0.604. The smallest absolute Gasteiger partial charge is 0.239 e. The Balaban J connectivity index is 1.96. The van der Waals surface area contributed by atoms with E-state index in [-0.39, 0.29) is 12.5 Å². The number of nitrogens with zero attached hydrogens (tertiary/aromatic N) is 2. The molecule has 1 amide bonds. The minimum atomic E-state index is -0.0873. The van der Waals surface area contributed by atoms with Crippen molar-refractivity contribution in [3.63, 3.8) is 0 Å². The number of fused-ring (bicyclic) bond motifs is 1. The van der Waals surface area contributed by atoms with Gasteiger partial charge in [0.15, 0.2) is 0 Å². The Bertz CT molecular complexity index is 570. The van der Waals surface area contributed by atoms with Crippen molar-refractivity contribution in [1.82, 2.24) is 15.3 Å². The van der Waals surface area contributed by atoms with Crippen molar-refractivity contribution in [2.45, 2.75) is 6.92 Å². The molecule has 0 spiro atoms. The van der Waals surface area contributed by atoms with Gasteiger partial charge in [0.25, 0.3) is 0 Å². The molecule has 2 N–H and O–H groups in total. The molecule has 6 nitrogen and oxygen atoms in total. The number of carbonyl (C=O) groups excluding carboxylic acids is 1. The molecule has 0 aliphatic carbocycles. The number of anilines is 1. The first-order valence-corrected chi connectivity index (χ1v) is 6.73. The van der Waals surface area contributed by atoms with E-state index in [1.165, 1.54) is 11.2 Å². The molecule has 2 rings (SSSR count). The number of carbonyl (C=O) groups is 1. The van der Waals surface area contributed by atoms with Crippen molar-refractivity contribution in [2.24, 2.45) is 0 Å². The Labute approximate surface area is 115 Å². The van der Waals surface area contributed by atoms with Gasteiger partial charge in [0.05, 0.1) is 18.5 Å². The molecule has 0 atom stereocenters. The second kappa shape index (κ2) is 6.44. The Morgan fingerprint density at radius 1 is 1.47 bits per heavy atom. The summed E-state index contributed by atoms with van der Waals surface area (Å²) in [7, 11) is 1.60. The fourth-order valence-corrected chi connectivity index (χ4v) is 2.48. The van der Waals surface area contributed by atoms with E-state index in [2.05, 4.69) is 20.6 Å². The van der Waals surface area contributed by atoms with Crippen LogP contribution in [0.2, 0.25) is 0 Å². The van der Waals surface area contributed by atoms with Crippen molar-refractivity contribution in [3.8, 4) is 0 Å². The Hall–Kier alpha value is -1.73. The van der Waals surface area contributed by atoms with Crippen LogP contribution in [0.3, 0.4) is 0 Å². The average Bonchev–Trinajstić information content (AvgIpc) is 2.77. The summed E-state index contributed by atoms with van der Waals surface area (Å²) in [6.07, 6.45) is 1.50. The predicted molar refractivity (Wildman–Crippen MR) is 75.5 cm³/mol. The molecule has 2 aromatic rings. The summed E-state index contributed by atoms with van der Waals surface area (Å²) in [4.78, 5) is 22.0. The van der Waals surface area contributed by atoms with Crippen molar-refractivity contribution >= 4 is 33.3 Å². The Morgan fingerprint density at radius 3 is 3.11 bits per heavy atom. The number of amides is 1. The number of methoxy groups -OCH3 is 1. The lowest BCUT2D eigenvalue weighted by Gasteiger charge is -2.07. The lowest BCUT2D eigenvalue weighted by molar-refractivity contribution is -0.119. The third kappa shape index (κ3) is 3.62. The quantitative estimate of drug-likeness (QED) is 0.777. The first-order valence-electron chi connectivity index (χ1n) is 5.91. The van der Waals surface area contributed by atoms with Crippen LogP contribution in [0, 0.1) is 6.92 Å². The van der Waals surface area contributed by atoms with Crippen LogP contribution >= 0.6 is 11.3 Å². The zero-order chi connectivity index (χ0) is 13.7. The van der Waals surface area contributed by atoms with E-state index in [0.29, 0.717) is 19.0 Å². The number of ether oxygens (including phenoxy) is 1. The van der Waals surface area contributed by atoms with Crippen LogP contribution in [0.25, 0.3) is 10.2 Å². The van der Waals surface area contributed by atoms with Gasteiger partial charge in [-0.2, -0.15) is 0 Å². The van der Waals surface area contributed by atoms with Gasteiger partial charge < -0.3 is 15.4 Å². The second-order valence-electron chi connectivity index (χ2n) is 3.99. The SMILES string of the molecule is COCCNC(=O)CNc1ncnc2sc(C)cc12. The van der Waals surface area contributed by atoms with Gasteiger partial charge in [0, 0.05) is 18.5 Å².